The number of hydrogen-bond acceptors (Lipinski definition) is 8. The van der Waals surface area contributed by atoms with Crippen LogP contribution in [0.4, 0.5) is 0 Å². The van der Waals surface area contributed by atoms with Gasteiger partial charge in [0.2, 0.25) is 0 Å². The van der Waals surface area contributed by atoms with Crippen molar-refractivity contribution < 1.29 is 56.9 Å². The maximum atomic E-state index is 12.4. The summed E-state index contributed by atoms with van der Waals surface area (Å²) in [5.41, 5.74) is 2.15. The van der Waals surface area contributed by atoms with E-state index in [1.807, 2.05) is 34.6 Å². The molecule has 0 aromatic heterocycles. The second kappa shape index (κ2) is 25.4. The van der Waals surface area contributed by atoms with E-state index in [1.54, 1.807) is 32.9 Å². The van der Waals surface area contributed by atoms with E-state index >= 15 is 0 Å². The summed E-state index contributed by atoms with van der Waals surface area (Å²) >= 11 is 0. The van der Waals surface area contributed by atoms with Gasteiger partial charge in [-0.1, -0.05) is 151 Å². The minimum atomic E-state index is -1.93. The molecule has 0 aliphatic heterocycles. The molecule has 0 spiro atoms. The normalized spacial score (nSPS) is 22.4. The van der Waals surface area contributed by atoms with E-state index in [4.69, 9.17) is 0 Å². The first-order chi connectivity index (χ1) is 33.5. The summed E-state index contributed by atoms with van der Waals surface area (Å²) in [5, 5.41) is 53.3. The molecule has 0 amide bonds. The second-order valence-electron chi connectivity index (χ2n) is 21.6. The van der Waals surface area contributed by atoms with Gasteiger partial charge in [-0.3, -0.25) is 14.4 Å². The molecule has 8 nitrogen and oxygen atoms in total. The molecule has 6 rings (SSSR count). The lowest BCUT2D eigenvalue weighted by atomic mass is 9.71. The van der Waals surface area contributed by atoms with Crippen LogP contribution in [0.5, 0.6) is 0 Å². The van der Waals surface area contributed by atoms with Gasteiger partial charge in [0.15, 0.2) is 17.3 Å². The van der Waals surface area contributed by atoms with E-state index < -0.39 is 36.8 Å². The number of ketones is 3. The molecule has 0 heterocycles. The van der Waals surface area contributed by atoms with Gasteiger partial charge in [0.1, 0.15) is 47.1 Å². The molecule has 3 aromatic carbocycles. The number of hydrogen-bond donors (Lipinski definition) is 5. The lowest BCUT2D eigenvalue weighted by molar-refractivity contribution is -0.126. The molecular formula is C63H78BrO8P. The molecule has 0 saturated carbocycles. The standard InChI is InChI=1S/C33H36O2P.C15H22O3.C15H20O3.BrH/c1-25(20-21-30-26(2)32(35)31(34)24-33(30,3)4)22-23-36(27-14-8-5-9-15-27,28-16-10-6-11-17-28)29-18-12-7-13-19-29;2*1-6-15(5,18)8-7-11-10(2)13(17)12(16)9-14(11,3)4;/h5-22,31,34H,23-24H2,1-4H3;6-8,12,16,18H,1,9H2,2-5H3;6,12,16,18H,1,9H2,2-5H3;1H/q+1;;;/p-1/b21-20+,25-22+;8-7+;;/t31-;2*12-,15?;/m000./s1. The third kappa shape index (κ3) is 15.5. The number of allylic oxidation sites excluding steroid dienone is 8. The van der Waals surface area contributed by atoms with Crippen molar-refractivity contribution in [3.05, 3.63) is 186 Å². The molecule has 0 radical (unpaired) electrons. The van der Waals surface area contributed by atoms with E-state index in [2.05, 4.69) is 155 Å². The van der Waals surface area contributed by atoms with Crippen molar-refractivity contribution in [2.75, 3.05) is 6.16 Å². The fourth-order valence-corrected chi connectivity index (χ4v) is 13.7. The minimum Gasteiger partial charge on any atom is -1.00 e. The highest BCUT2D eigenvalue weighted by Crippen LogP contribution is 2.55. The lowest BCUT2D eigenvalue weighted by Gasteiger charge is -2.35. The zero-order chi connectivity index (χ0) is 54.0. The molecular weight excluding hydrogens is 996 g/mol. The number of carbonyl (C=O) groups is 3. The largest absolute Gasteiger partial charge is 1.00 e. The molecule has 390 valence electrons. The third-order valence-corrected chi connectivity index (χ3v) is 18.3. The van der Waals surface area contributed by atoms with Crippen LogP contribution in [0, 0.1) is 28.1 Å². The molecule has 5 N–H and O–H groups in total. The van der Waals surface area contributed by atoms with Gasteiger partial charge < -0.3 is 42.5 Å². The van der Waals surface area contributed by atoms with Crippen molar-refractivity contribution in [3.8, 4) is 11.8 Å². The average molecular weight is 1070 g/mol. The van der Waals surface area contributed by atoms with Gasteiger partial charge in [0.05, 0.1) is 11.8 Å². The number of carbonyl (C=O) groups excluding carboxylic acids is 3. The third-order valence-electron chi connectivity index (χ3n) is 14.1. The highest BCUT2D eigenvalue weighted by molar-refractivity contribution is 7.95. The first-order valence-electron chi connectivity index (χ1n) is 24.6. The van der Waals surface area contributed by atoms with E-state index in [9.17, 15) is 39.9 Å². The zero-order valence-corrected chi connectivity index (χ0v) is 47.4. The van der Waals surface area contributed by atoms with Crippen molar-refractivity contribution in [1.82, 2.24) is 0 Å². The number of rotatable bonds is 11. The molecule has 0 bridgehead atoms. The van der Waals surface area contributed by atoms with Gasteiger partial charge in [0.25, 0.3) is 0 Å². The van der Waals surface area contributed by atoms with Crippen LogP contribution in [0.25, 0.3) is 0 Å². The summed E-state index contributed by atoms with van der Waals surface area (Å²) in [4.78, 5) is 36.0. The molecule has 5 atom stereocenters. The maximum absolute atomic E-state index is 12.4. The molecule has 3 aromatic rings. The Bertz CT molecular complexity index is 2640. The van der Waals surface area contributed by atoms with Crippen molar-refractivity contribution in [2.24, 2.45) is 16.2 Å². The van der Waals surface area contributed by atoms with Crippen molar-refractivity contribution in [2.45, 2.75) is 132 Å². The summed E-state index contributed by atoms with van der Waals surface area (Å²) in [7, 11) is -1.93. The van der Waals surface area contributed by atoms with Gasteiger partial charge in [-0.15, -0.1) is 0 Å². The van der Waals surface area contributed by atoms with Crippen LogP contribution in [0.3, 0.4) is 0 Å². The van der Waals surface area contributed by atoms with E-state index in [-0.39, 0.29) is 50.6 Å². The Hall–Kier alpha value is -5.14. The van der Waals surface area contributed by atoms with E-state index in [0.717, 1.165) is 22.9 Å². The Morgan fingerprint density at radius 2 is 1.00 bits per heavy atom. The molecule has 2 unspecified atom stereocenters. The Morgan fingerprint density at radius 1 is 0.630 bits per heavy atom. The molecule has 10 heteroatoms. The fraction of sp³-hybridized carbons (Fsp3) is 0.381. The number of benzene rings is 3. The zero-order valence-electron chi connectivity index (χ0n) is 45.0. The van der Waals surface area contributed by atoms with Crippen LogP contribution < -0.4 is 32.9 Å². The van der Waals surface area contributed by atoms with Crippen LogP contribution in [0.1, 0.15) is 102 Å². The Balaban J connectivity index is 0.000000320. The Kier molecular flexibility index (Phi) is 21.6. The van der Waals surface area contributed by atoms with Gasteiger partial charge in [-0.25, -0.2) is 0 Å². The molecule has 73 heavy (non-hydrogen) atoms. The predicted molar refractivity (Wildman–Crippen MR) is 298 cm³/mol. The van der Waals surface area contributed by atoms with Crippen molar-refractivity contribution >= 4 is 40.5 Å². The average Bonchev–Trinajstić information content (AvgIpc) is 3.32. The summed E-state index contributed by atoms with van der Waals surface area (Å²) in [6, 6.07) is 32.7. The highest BCUT2D eigenvalue weighted by Gasteiger charge is 2.45. The second-order valence-corrected chi connectivity index (χ2v) is 25.2. The summed E-state index contributed by atoms with van der Waals surface area (Å²) < 4.78 is 0. The van der Waals surface area contributed by atoms with Gasteiger partial charge in [0, 0.05) is 16.6 Å². The van der Waals surface area contributed by atoms with E-state index in [0.29, 0.717) is 41.6 Å². The fourth-order valence-electron chi connectivity index (χ4n) is 9.61. The van der Waals surface area contributed by atoms with Crippen molar-refractivity contribution in [3.63, 3.8) is 0 Å². The Labute approximate surface area is 446 Å². The SMILES string of the molecule is C=CC(C)(O)/C=C/C1=C(C)C(=O)[C@@H](O)CC1(C)C.C=CC(C)(O)C#CC1=C(C)C(=O)[C@@H](O)CC1(C)C.CC1=C(/C=C/C(C)=C/C[P+](c2ccccc2)(c2ccccc2)c2ccccc2)C(C)(C)C[C@H](O)C1=O.[Br-]. The van der Waals surface area contributed by atoms with Crippen LogP contribution >= 0.6 is 7.26 Å². The number of Topliss-reactive ketones (excluding diaryl/α,β-unsaturated/α-hetero) is 3. The first kappa shape index (κ1) is 62.2. The molecule has 0 saturated heterocycles. The highest BCUT2D eigenvalue weighted by atomic mass is 79.9. The lowest BCUT2D eigenvalue weighted by Crippen LogP contribution is -3.00. The van der Waals surface area contributed by atoms with Crippen LogP contribution in [-0.2, 0) is 14.4 Å². The van der Waals surface area contributed by atoms with Gasteiger partial charge >= 0.3 is 0 Å². The predicted octanol–water partition coefficient (Wildman–Crippen LogP) is 6.92. The Morgan fingerprint density at radius 3 is 1.38 bits per heavy atom. The van der Waals surface area contributed by atoms with Crippen LogP contribution in [0.15, 0.2) is 186 Å². The molecule has 3 aliphatic rings. The van der Waals surface area contributed by atoms with E-state index in [1.165, 1.54) is 35.0 Å². The maximum Gasteiger partial charge on any atom is 0.187 e. The van der Waals surface area contributed by atoms with Gasteiger partial charge in [-0.05, 0) is 149 Å². The number of aliphatic hydroxyl groups excluding tert-OH is 3. The smallest absolute Gasteiger partial charge is 0.187 e. The minimum absolute atomic E-state index is 0. The van der Waals surface area contributed by atoms with Crippen LogP contribution in [0.2, 0.25) is 0 Å². The summed E-state index contributed by atoms with van der Waals surface area (Å²) in [6.45, 7) is 29.6. The molecule has 3 aliphatic carbocycles. The number of halogens is 1. The van der Waals surface area contributed by atoms with Crippen molar-refractivity contribution in [1.29, 1.82) is 0 Å². The number of aliphatic hydroxyl groups is 5. The van der Waals surface area contributed by atoms with Crippen LogP contribution in [-0.4, -0.2) is 78.6 Å². The monoisotopic (exact) mass is 1070 g/mol. The quantitative estimate of drug-likeness (QED) is 0.0601. The topological polar surface area (TPSA) is 152 Å². The molecule has 0 fully saturated rings. The first-order valence-corrected chi connectivity index (χ1v) is 26.6. The van der Waals surface area contributed by atoms with Gasteiger partial charge in [-0.2, -0.15) is 0 Å². The summed E-state index contributed by atoms with van der Waals surface area (Å²) in [5.74, 6) is 4.91. The summed E-state index contributed by atoms with van der Waals surface area (Å²) in [6.07, 6.45) is 12.1.